The highest BCUT2D eigenvalue weighted by Crippen LogP contribution is 2.34. The van der Waals surface area contributed by atoms with Gasteiger partial charge in [0.1, 0.15) is 17.2 Å². The molecule has 0 aliphatic carbocycles. The van der Waals surface area contributed by atoms with Crippen molar-refractivity contribution in [3.05, 3.63) is 17.7 Å². The van der Waals surface area contributed by atoms with Crippen molar-refractivity contribution < 1.29 is 14.6 Å². The fourth-order valence-corrected chi connectivity index (χ4v) is 1.20. The molecule has 0 radical (unpaired) electrons. The van der Waals surface area contributed by atoms with Crippen molar-refractivity contribution in [3.8, 4) is 11.5 Å². The third-order valence-electron chi connectivity index (χ3n) is 2.05. The number of hydrogen-bond acceptors (Lipinski definition) is 4. The zero-order valence-corrected chi connectivity index (χ0v) is 8.57. The standard InChI is InChI=1S/C10H15NO3/c1-6(12)7-4-8(13-2)10(11)9(5-7)14-3/h4-6,12H,11H2,1-3H3. The topological polar surface area (TPSA) is 64.7 Å². The molecule has 0 spiro atoms. The minimum atomic E-state index is -0.571. The van der Waals surface area contributed by atoms with Gasteiger partial charge in [-0.15, -0.1) is 0 Å². The van der Waals surface area contributed by atoms with Crippen LogP contribution in [0.1, 0.15) is 18.6 Å². The van der Waals surface area contributed by atoms with Gasteiger partial charge in [0, 0.05) is 0 Å². The Morgan fingerprint density at radius 1 is 1.21 bits per heavy atom. The summed E-state index contributed by atoms with van der Waals surface area (Å²) in [5.41, 5.74) is 6.90. The number of methoxy groups -OCH3 is 2. The van der Waals surface area contributed by atoms with E-state index in [1.54, 1.807) is 19.1 Å². The Labute approximate surface area is 83.3 Å². The highest BCUT2D eigenvalue weighted by atomic mass is 16.5. The Morgan fingerprint density at radius 2 is 1.64 bits per heavy atom. The Morgan fingerprint density at radius 3 is 1.93 bits per heavy atom. The molecule has 1 rings (SSSR count). The summed E-state index contributed by atoms with van der Waals surface area (Å²) in [7, 11) is 3.05. The molecule has 1 aromatic carbocycles. The normalized spacial score (nSPS) is 12.3. The van der Waals surface area contributed by atoms with E-state index in [2.05, 4.69) is 0 Å². The average molecular weight is 197 g/mol. The Bertz CT molecular complexity index is 298. The number of anilines is 1. The van der Waals surface area contributed by atoms with Crippen molar-refractivity contribution in [2.45, 2.75) is 13.0 Å². The van der Waals surface area contributed by atoms with E-state index < -0.39 is 6.10 Å². The van der Waals surface area contributed by atoms with Gasteiger partial charge in [-0.2, -0.15) is 0 Å². The third kappa shape index (κ3) is 1.90. The molecule has 0 aliphatic rings. The highest BCUT2D eigenvalue weighted by Gasteiger charge is 2.11. The molecular weight excluding hydrogens is 182 g/mol. The first-order valence-electron chi connectivity index (χ1n) is 4.29. The van der Waals surface area contributed by atoms with E-state index in [9.17, 15) is 5.11 Å². The van der Waals surface area contributed by atoms with Crippen molar-refractivity contribution in [3.63, 3.8) is 0 Å². The molecule has 0 saturated heterocycles. The summed E-state index contributed by atoms with van der Waals surface area (Å²) in [6.07, 6.45) is -0.571. The van der Waals surface area contributed by atoms with Gasteiger partial charge in [-0.1, -0.05) is 0 Å². The van der Waals surface area contributed by atoms with E-state index in [-0.39, 0.29) is 0 Å². The van der Waals surface area contributed by atoms with Gasteiger partial charge in [-0.25, -0.2) is 0 Å². The summed E-state index contributed by atoms with van der Waals surface area (Å²) in [5.74, 6) is 1.03. The van der Waals surface area contributed by atoms with Crippen LogP contribution in [0, 0.1) is 0 Å². The van der Waals surface area contributed by atoms with Gasteiger partial charge in [0.25, 0.3) is 0 Å². The van der Waals surface area contributed by atoms with Crippen molar-refractivity contribution in [2.75, 3.05) is 20.0 Å². The predicted octanol–water partition coefficient (Wildman–Crippen LogP) is 1.34. The Hall–Kier alpha value is -1.42. The van der Waals surface area contributed by atoms with Crippen molar-refractivity contribution in [2.24, 2.45) is 0 Å². The minimum Gasteiger partial charge on any atom is -0.494 e. The molecule has 0 amide bonds. The van der Waals surface area contributed by atoms with Gasteiger partial charge >= 0.3 is 0 Å². The highest BCUT2D eigenvalue weighted by molar-refractivity contribution is 5.64. The summed E-state index contributed by atoms with van der Waals surface area (Å²) in [4.78, 5) is 0. The summed E-state index contributed by atoms with van der Waals surface area (Å²) < 4.78 is 10.1. The van der Waals surface area contributed by atoms with Gasteiger partial charge < -0.3 is 20.3 Å². The summed E-state index contributed by atoms with van der Waals surface area (Å²) in [6.45, 7) is 1.67. The number of nitrogens with two attached hydrogens (primary N) is 1. The molecule has 0 fully saturated rings. The maximum absolute atomic E-state index is 9.40. The smallest absolute Gasteiger partial charge is 0.145 e. The lowest BCUT2D eigenvalue weighted by molar-refractivity contribution is 0.198. The van der Waals surface area contributed by atoms with Crippen LogP contribution in [-0.2, 0) is 0 Å². The third-order valence-corrected chi connectivity index (χ3v) is 2.05. The van der Waals surface area contributed by atoms with Crippen LogP contribution < -0.4 is 15.2 Å². The molecule has 0 aromatic heterocycles. The summed E-state index contributed by atoms with van der Waals surface area (Å²) in [5, 5.41) is 9.40. The van der Waals surface area contributed by atoms with Gasteiger partial charge in [-0.05, 0) is 24.6 Å². The van der Waals surface area contributed by atoms with Crippen LogP contribution in [0.2, 0.25) is 0 Å². The number of rotatable bonds is 3. The molecular formula is C10H15NO3. The molecule has 14 heavy (non-hydrogen) atoms. The maximum atomic E-state index is 9.40. The Balaban J connectivity index is 3.25. The maximum Gasteiger partial charge on any atom is 0.145 e. The van der Waals surface area contributed by atoms with E-state index in [4.69, 9.17) is 15.2 Å². The van der Waals surface area contributed by atoms with Gasteiger partial charge in [0.2, 0.25) is 0 Å². The summed E-state index contributed by atoms with van der Waals surface area (Å²) >= 11 is 0. The molecule has 0 saturated carbocycles. The minimum absolute atomic E-state index is 0.444. The van der Waals surface area contributed by atoms with Crippen LogP contribution in [0.3, 0.4) is 0 Å². The molecule has 1 unspecified atom stereocenters. The lowest BCUT2D eigenvalue weighted by atomic mass is 10.1. The van der Waals surface area contributed by atoms with Gasteiger partial charge in [0.05, 0.1) is 20.3 Å². The van der Waals surface area contributed by atoms with E-state index >= 15 is 0 Å². The van der Waals surface area contributed by atoms with Crippen LogP contribution in [0.25, 0.3) is 0 Å². The molecule has 78 valence electrons. The van der Waals surface area contributed by atoms with Crippen molar-refractivity contribution in [1.29, 1.82) is 0 Å². The second-order valence-corrected chi connectivity index (χ2v) is 3.02. The number of aliphatic hydroxyl groups excluding tert-OH is 1. The summed E-state index contributed by atoms with van der Waals surface area (Å²) in [6, 6.07) is 3.39. The van der Waals surface area contributed by atoms with E-state index in [1.807, 2.05) is 0 Å². The first-order chi connectivity index (χ1) is 6.60. The number of benzene rings is 1. The van der Waals surface area contributed by atoms with Gasteiger partial charge in [0.15, 0.2) is 0 Å². The Kier molecular flexibility index (Phi) is 3.19. The van der Waals surface area contributed by atoms with E-state index in [0.717, 1.165) is 0 Å². The lowest BCUT2D eigenvalue weighted by Crippen LogP contribution is -2.00. The zero-order valence-electron chi connectivity index (χ0n) is 8.57. The molecule has 0 bridgehead atoms. The van der Waals surface area contributed by atoms with Crippen LogP contribution in [0.15, 0.2) is 12.1 Å². The molecule has 4 nitrogen and oxygen atoms in total. The first kappa shape index (κ1) is 10.7. The number of ether oxygens (including phenoxy) is 2. The molecule has 0 heterocycles. The second-order valence-electron chi connectivity index (χ2n) is 3.02. The zero-order chi connectivity index (χ0) is 10.7. The SMILES string of the molecule is COc1cc(C(C)O)cc(OC)c1N. The molecule has 0 aliphatic heterocycles. The molecule has 1 atom stereocenters. The average Bonchev–Trinajstić information content (AvgIpc) is 2.17. The quantitative estimate of drug-likeness (QED) is 0.718. The first-order valence-corrected chi connectivity index (χ1v) is 4.29. The largest absolute Gasteiger partial charge is 0.494 e. The molecule has 1 aromatic rings. The number of nitrogen functional groups attached to an aromatic ring is 1. The van der Waals surface area contributed by atoms with Crippen molar-refractivity contribution >= 4 is 5.69 Å². The van der Waals surface area contributed by atoms with Crippen LogP contribution in [0.5, 0.6) is 11.5 Å². The van der Waals surface area contributed by atoms with Crippen LogP contribution in [-0.4, -0.2) is 19.3 Å². The number of aliphatic hydroxyl groups is 1. The molecule has 4 heteroatoms. The van der Waals surface area contributed by atoms with Gasteiger partial charge in [-0.3, -0.25) is 0 Å². The fourth-order valence-electron chi connectivity index (χ4n) is 1.20. The van der Waals surface area contributed by atoms with Crippen LogP contribution >= 0.6 is 0 Å². The second kappa shape index (κ2) is 4.19. The molecule has 3 N–H and O–H groups in total. The fraction of sp³-hybridized carbons (Fsp3) is 0.400. The monoisotopic (exact) mass is 197 g/mol. The lowest BCUT2D eigenvalue weighted by Gasteiger charge is -2.13. The number of hydrogen-bond donors (Lipinski definition) is 2. The van der Waals surface area contributed by atoms with Crippen molar-refractivity contribution in [1.82, 2.24) is 0 Å². The van der Waals surface area contributed by atoms with E-state index in [1.165, 1.54) is 14.2 Å². The van der Waals surface area contributed by atoms with E-state index in [0.29, 0.717) is 22.7 Å². The predicted molar refractivity (Wildman–Crippen MR) is 54.6 cm³/mol. The van der Waals surface area contributed by atoms with Crippen LogP contribution in [0.4, 0.5) is 5.69 Å².